The summed E-state index contributed by atoms with van der Waals surface area (Å²) in [4.78, 5) is 28.8. The summed E-state index contributed by atoms with van der Waals surface area (Å²) < 4.78 is 24.3. The van der Waals surface area contributed by atoms with E-state index in [2.05, 4.69) is 15.0 Å². The van der Waals surface area contributed by atoms with E-state index in [1.165, 1.54) is 20.3 Å². The van der Waals surface area contributed by atoms with Gasteiger partial charge in [0.25, 0.3) is 5.91 Å². The molecular formula is C17H12ClFN2O4S. The summed E-state index contributed by atoms with van der Waals surface area (Å²) in [7, 11) is 2.61. The fraction of sp³-hybridized carbons (Fsp3) is 0.118. The summed E-state index contributed by atoms with van der Waals surface area (Å²) >= 11 is 7.06. The summed E-state index contributed by atoms with van der Waals surface area (Å²) in [5.41, 5.74) is 0.722. The summed E-state index contributed by atoms with van der Waals surface area (Å²) in [5.74, 6) is -1.61. The number of amides is 1. The molecular weight excluding hydrogens is 383 g/mol. The minimum Gasteiger partial charge on any atom is -0.496 e. The second-order valence-electron chi connectivity index (χ2n) is 5.09. The van der Waals surface area contributed by atoms with Crippen molar-refractivity contribution in [1.29, 1.82) is 0 Å². The van der Waals surface area contributed by atoms with E-state index in [4.69, 9.17) is 16.3 Å². The van der Waals surface area contributed by atoms with Crippen molar-refractivity contribution in [2.45, 2.75) is 0 Å². The Kier molecular flexibility index (Phi) is 5.06. The molecule has 0 unspecified atom stereocenters. The molecule has 1 aromatic heterocycles. The van der Waals surface area contributed by atoms with Gasteiger partial charge in [-0.3, -0.25) is 4.79 Å². The molecule has 0 aliphatic heterocycles. The van der Waals surface area contributed by atoms with Crippen LogP contribution >= 0.6 is 22.9 Å². The van der Waals surface area contributed by atoms with Gasteiger partial charge >= 0.3 is 5.97 Å². The van der Waals surface area contributed by atoms with Crippen LogP contribution in [0.1, 0.15) is 20.7 Å². The van der Waals surface area contributed by atoms with Gasteiger partial charge < -0.3 is 14.8 Å². The van der Waals surface area contributed by atoms with Gasteiger partial charge in [0.15, 0.2) is 4.47 Å². The Bertz CT molecular complexity index is 1020. The molecule has 0 aliphatic carbocycles. The van der Waals surface area contributed by atoms with Gasteiger partial charge in [-0.25, -0.2) is 14.2 Å². The molecule has 1 N–H and O–H groups in total. The van der Waals surface area contributed by atoms with Crippen molar-refractivity contribution in [3.05, 3.63) is 51.7 Å². The molecule has 6 nitrogen and oxygen atoms in total. The van der Waals surface area contributed by atoms with Crippen LogP contribution in [0.15, 0.2) is 30.3 Å². The van der Waals surface area contributed by atoms with Gasteiger partial charge in [-0.15, -0.1) is 11.3 Å². The number of carbonyl (C=O) groups is 2. The first-order valence-electron chi connectivity index (χ1n) is 7.27. The third-order valence-electron chi connectivity index (χ3n) is 3.58. The average Bonchev–Trinajstić information content (AvgIpc) is 3.00. The van der Waals surface area contributed by atoms with Crippen molar-refractivity contribution in [3.63, 3.8) is 0 Å². The van der Waals surface area contributed by atoms with Crippen LogP contribution in [0.4, 0.5) is 10.1 Å². The molecule has 1 amide bonds. The third kappa shape index (κ3) is 3.33. The minimum atomic E-state index is -0.702. The van der Waals surface area contributed by atoms with Crippen molar-refractivity contribution < 1.29 is 23.5 Å². The van der Waals surface area contributed by atoms with E-state index in [0.717, 1.165) is 23.5 Å². The maximum atomic E-state index is 13.6. The topological polar surface area (TPSA) is 77.5 Å². The van der Waals surface area contributed by atoms with Crippen molar-refractivity contribution in [2.24, 2.45) is 0 Å². The molecule has 0 atom stereocenters. The lowest BCUT2D eigenvalue weighted by Crippen LogP contribution is -2.16. The number of methoxy groups -OCH3 is 2. The fourth-order valence-corrected chi connectivity index (χ4v) is 3.57. The van der Waals surface area contributed by atoms with Crippen molar-refractivity contribution in [2.75, 3.05) is 19.5 Å². The van der Waals surface area contributed by atoms with E-state index in [-0.39, 0.29) is 21.3 Å². The zero-order chi connectivity index (χ0) is 18.8. The maximum Gasteiger partial charge on any atom is 0.339 e. The number of anilines is 1. The molecule has 1 heterocycles. The average molecular weight is 395 g/mol. The predicted octanol–water partition coefficient (Wildman–Crippen LogP) is 4.14. The largest absolute Gasteiger partial charge is 0.496 e. The van der Waals surface area contributed by atoms with Gasteiger partial charge in [0, 0.05) is 0 Å². The van der Waals surface area contributed by atoms with Crippen LogP contribution in [-0.4, -0.2) is 31.1 Å². The van der Waals surface area contributed by atoms with E-state index < -0.39 is 17.7 Å². The number of carbonyl (C=O) groups excluding carboxylic acids is 2. The van der Waals surface area contributed by atoms with E-state index in [1.54, 1.807) is 12.1 Å². The minimum absolute atomic E-state index is 0.0171. The molecule has 0 aliphatic rings. The van der Waals surface area contributed by atoms with Gasteiger partial charge in [-0.2, -0.15) is 0 Å². The quantitative estimate of drug-likeness (QED) is 0.673. The summed E-state index contributed by atoms with van der Waals surface area (Å²) in [6, 6.07) is 6.64. The summed E-state index contributed by atoms with van der Waals surface area (Å²) in [6.45, 7) is 0. The first-order chi connectivity index (χ1) is 12.4. The van der Waals surface area contributed by atoms with Crippen LogP contribution in [0.25, 0.3) is 10.2 Å². The molecule has 0 spiro atoms. The smallest absolute Gasteiger partial charge is 0.339 e. The van der Waals surface area contributed by atoms with E-state index in [9.17, 15) is 14.0 Å². The number of rotatable bonds is 4. The lowest BCUT2D eigenvalue weighted by molar-refractivity contribution is 0.0602. The number of nitrogens with zero attached hydrogens (tertiary/aromatic N) is 1. The molecule has 0 fully saturated rings. The van der Waals surface area contributed by atoms with Gasteiger partial charge in [-0.1, -0.05) is 11.6 Å². The number of aromatic nitrogens is 1. The van der Waals surface area contributed by atoms with Crippen LogP contribution < -0.4 is 10.1 Å². The maximum absolute atomic E-state index is 13.6. The van der Waals surface area contributed by atoms with Crippen LogP contribution in [-0.2, 0) is 4.74 Å². The van der Waals surface area contributed by atoms with E-state index >= 15 is 0 Å². The Hall–Kier alpha value is -2.71. The Morgan fingerprint density at radius 2 is 2.00 bits per heavy atom. The lowest BCUT2D eigenvalue weighted by Gasteiger charge is -2.12. The van der Waals surface area contributed by atoms with Crippen molar-refractivity contribution >= 4 is 50.7 Å². The van der Waals surface area contributed by atoms with Crippen LogP contribution in [0.2, 0.25) is 4.47 Å². The Morgan fingerprint density at radius 3 is 2.69 bits per heavy atom. The highest BCUT2D eigenvalue weighted by Gasteiger charge is 2.22. The molecule has 2 aromatic carbocycles. The monoisotopic (exact) mass is 394 g/mol. The number of halogens is 2. The molecule has 9 heteroatoms. The van der Waals surface area contributed by atoms with Crippen LogP contribution in [0, 0.1) is 5.82 Å². The zero-order valence-electron chi connectivity index (χ0n) is 13.6. The van der Waals surface area contributed by atoms with Gasteiger partial charge in [0.2, 0.25) is 0 Å². The van der Waals surface area contributed by atoms with Crippen molar-refractivity contribution in [1.82, 2.24) is 4.98 Å². The third-order valence-corrected chi connectivity index (χ3v) is 4.77. The molecule has 134 valence electrons. The standard InChI is InChI=1S/C17H12ClFN2O4S/c1-24-12-6-5-10-14(26-17(18)21-10)13(12)15(22)20-11-7-8(19)3-4-9(11)16(23)25-2/h3-7H,1-2H3,(H,20,22). The highest BCUT2D eigenvalue weighted by Crippen LogP contribution is 2.35. The first-order valence-corrected chi connectivity index (χ1v) is 8.46. The number of thiazole rings is 1. The number of hydrogen-bond donors (Lipinski definition) is 1. The number of nitrogens with one attached hydrogen (secondary N) is 1. The summed E-state index contributed by atoms with van der Waals surface area (Å²) in [6.07, 6.45) is 0. The van der Waals surface area contributed by atoms with Crippen molar-refractivity contribution in [3.8, 4) is 5.75 Å². The highest BCUT2D eigenvalue weighted by atomic mass is 35.5. The first kappa shape index (κ1) is 18.1. The Balaban J connectivity index is 2.08. The fourth-order valence-electron chi connectivity index (χ4n) is 2.42. The van der Waals surface area contributed by atoms with Gasteiger partial charge in [0.1, 0.15) is 17.1 Å². The molecule has 0 bridgehead atoms. The second kappa shape index (κ2) is 7.27. The normalized spacial score (nSPS) is 10.6. The van der Waals surface area contributed by atoms with E-state index in [0.29, 0.717) is 16.0 Å². The molecule has 0 radical (unpaired) electrons. The Morgan fingerprint density at radius 1 is 1.23 bits per heavy atom. The zero-order valence-corrected chi connectivity index (χ0v) is 15.2. The molecule has 3 aromatic rings. The predicted molar refractivity (Wildman–Crippen MR) is 96.9 cm³/mol. The van der Waals surface area contributed by atoms with Crippen LogP contribution in [0.3, 0.4) is 0 Å². The molecule has 26 heavy (non-hydrogen) atoms. The lowest BCUT2D eigenvalue weighted by atomic mass is 10.1. The van der Waals surface area contributed by atoms with Gasteiger partial charge in [-0.05, 0) is 30.3 Å². The number of fused-ring (bicyclic) bond motifs is 1. The molecule has 0 saturated carbocycles. The number of hydrogen-bond acceptors (Lipinski definition) is 6. The molecule has 0 saturated heterocycles. The molecule has 3 rings (SSSR count). The van der Waals surface area contributed by atoms with Gasteiger partial charge in [0.05, 0.1) is 35.7 Å². The highest BCUT2D eigenvalue weighted by molar-refractivity contribution is 7.22. The van der Waals surface area contributed by atoms with Crippen LogP contribution in [0.5, 0.6) is 5.75 Å². The number of benzene rings is 2. The van der Waals surface area contributed by atoms with E-state index in [1.807, 2.05) is 0 Å². The second-order valence-corrected chi connectivity index (χ2v) is 6.67. The summed E-state index contributed by atoms with van der Waals surface area (Å²) in [5, 5.41) is 2.54. The Labute approximate surface area is 156 Å². The number of esters is 1. The number of ether oxygens (including phenoxy) is 2. The SMILES string of the molecule is COC(=O)c1ccc(F)cc1NC(=O)c1c(OC)ccc2nc(Cl)sc12.